The summed E-state index contributed by atoms with van der Waals surface area (Å²) >= 11 is 5.84. The van der Waals surface area contributed by atoms with Gasteiger partial charge >= 0.3 is 0 Å². The lowest BCUT2D eigenvalue weighted by Gasteiger charge is -2.02. The fraction of sp³-hybridized carbons (Fsp3) is 0.0625. The van der Waals surface area contributed by atoms with Crippen molar-refractivity contribution < 1.29 is 0 Å². The van der Waals surface area contributed by atoms with E-state index < -0.39 is 0 Å². The quantitative estimate of drug-likeness (QED) is 0.562. The molecule has 2 aromatic carbocycles. The zero-order chi connectivity index (χ0) is 13.0. The molecule has 0 heterocycles. The van der Waals surface area contributed by atoms with Crippen molar-refractivity contribution in [2.24, 2.45) is 0 Å². The van der Waals surface area contributed by atoms with Crippen molar-refractivity contribution in [3.05, 3.63) is 70.2 Å². The van der Waals surface area contributed by atoms with Crippen LogP contribution in [0.4, 0.5) is 0 Å². The zero-order valence-corrected chi connectivity index (χ0v) is 10.8. The summed E-state index contributed by atoms with van der Waals surface area (Å²) in [6, 6.07) is 17.5. The number of benzene rings is 2. The summed E-state index contributed by atoms with van der Waals surface area (Å²) in [5.74, 6) is 0. The second-order valence-corrected chi connectivity index (χ2v) is 4.47. The molecular formula is C16H12ClN. The Kier molecular flexibility index (Phi) is 3.82. The number of rotatable bonds is 2. The zero-order valence-electron chi connectivity index (χ0n) is 10.0. The first kappa shape index (κ1) is 12.4. The van der Waals surface area contributed by atoms with Gasteiger partial charge in [-0.25, -0.2) is 0 Å². The fourth-order valence-electron chi connectivity index (χ4n) is 1.71. The molecule has 0 atom stereocenters. The fourth-order valence-corrected chi connectivity index (χ4v) is 1.84. The van der Waals surface area contributed by atoms with Gasteiger partial charge in [-0.3, -0.25) is 0 Å². The van der Waals surface area contributed by atoms with Crippen LogP contribution < -0.4 is 0 Å². The van der Waals surface area contributed by atoms with Gasteiger partial charge in [-0.2, -0.15) is 5.26 Å². The average Bonchev–Trinajstić information content (AvgIpc) is 2.39. The van der Waals surface area contributed by atoms with Crippen LogP contribution >= 0.6 is 11.6 Å². The molecule has 1 nitrogen and oxygen atoms in total. The number of aryl methyl sites for hydroxylation is 1. The van der Waals surface area contributed by atoms with E-state index in [4.69, 9.17) is 11.6 Å². The van der Waals surface area contributed by atoms with Crippen molar-refractivity contribution in [3.8, 4) is 6.07 Å². The Morgan fingerprint density at radius 3 is 2.39 bits per heavy atom. The monoisotopic (exact) mass is 253 g/mol. The molecule has 0 aliphatic rings. The number of nitrogens with zero attached hydrogens (tertiary/aromatic N) is 1. The maximum Gasteiger partial charge on any atom is 0.0998 e. The van der Waals surface area contributed by atoms with E-state index in [1.165, 1.54) is 0 Å². The molecule has 0 spiro atoms. The lowest BCUT2D eigenvalue weighted by atomic mass is 10.0. The molecule has 2 aromatic rings. The van der Waals surface area contributed by atoms with Crippen molar-refractivity contribution in [1.82, 2.24) is 0 Å². The minimum Gasteiger partial charge on any atom is -0.192 e. The third-order valence-electron chi connectivity index (χ3n) is 2.76. The summed E-state index contributed by atoms with van der Waals surface area (Å²) in [7, 11) is 0. The van der Waals surface area contributed by atoms with Gasteiger partial charge in [-0.1, -0.05) is 48.0 Å². The number of halogens is 1. The van der Waals surface area contributed by atoms with Gasteiger partial charge in [0, 0.05) is 5.02 Å². The molecule has 18 heavy (non-hydrogen) atoms. The molecule has 2 rings (SSSR count). The normalized spacial score (nSPS) is 11.1. The van der Waals surface area contributed by atoms with Crippen molar-refractivity contribution in [2.45, 2.75) is 6.92 Å². The van der Waals surface area contributed by atoms with Crippen LogP contribution in [0.1, 0.15) is 16.7 Å². The second-order valence-electron chi connectivity index (χ2n) is 4.03. The van der Waals surface area contributed by atoms with Crippen molar-refractivity contribution >= 4 is 23.3 Å². The molecule has 0 aliphatic heterocycles. The van der Waals surface area contributed by atoms with Crippen LogP contribution in [0.2, 0.25) is 5.02 Å². The third-order valence-corrected chi connectivity index (χ3v) is 3.02. The van der Waals surface area contributed by atoms with Gasteiger partial charge in [-0.05, 0) is 41.8 Å². The van der Waals surface area contributed by atoms with Gasteiger partial charge in [-0.15, -0.1) is 0 Å². The largest absolute Gasteiger partial charge is 0.192 e. The Labute approximate surface area is 112 Å². The lowest BCUT2D eigenvalue weighted by Crippen LogP contribution is -1.84. The van der Waals surface area contributed by atoms with E-state index in [0.717, 1.165) is 16.7 Å². The predicted molar refractivity (Wildman–Crippen MR) is 76.1 cm³/mol. The van der Waals surface area contributed by atoms with E-state index in [2.05, 4.69) is 6.07 Å². The lowest BCUT2D eigenvalue weighted by molar-refractivity contribution is 1.44. The first-order valence-electron chi connectivity index (χ1n) is 5.64. The second kappa shape index (κ2) is 5.53. The summed E-state index contributed by atoms with van der Waals surface area (Å²) in [6.07, 6.45) is 1.90. The molecule has 0 radical (unpaired) electrons. The van der Waals surface area contributed by atoms with Crippen molar-refractivity contribution in [3.63, 3.8) is 0 Å². The van der Waals surface area contributed by atoms with Gasteiger partial charge in [0.25, 0.3) is 0 Å². The Bertz CT molecular complexity index is 618. The minimum atomic E-state index is 0.640. The first-order valence-corrected chi connectivity index (χ1v) is 6.02. The van der Waals surface area contributed by atoms with Gasteiger partial charge < -0.3 is 0 Å². The highest BCUT2D eigenvalue weighted by molar-refractivity contribution is 6.30. The smallest absolute Gasteiger partial charge is 0.0998 e. The van der Waals surface area contributed by atoms with Crippen LogP contribution in [-0.4, -0.2) is 0 Å². The van der Waals surface area contributed by atoms with Crippen LogP contribution in [-0.2, 0) is 0 Å². The SMILES string of the molecule is Cc1ccccc1/C=C(\C#N)c1ccc(Cl)cc1. The highest BCUT2D eigenvalue weighted by atomic mass is 35.5. The average molecular weight is 254 g/mol. The van der Waals surface area contributed by atoms with Crippen LogP contribution in [0.15, 0.2) is 48.5 Å². The van der Waals surface area contributed by atoms with E-state index in [1.807, 2.05) is 49.4 Å². The van der Waals surface area contributed by atoms with E-state index >= 15 is 0 Å². The molecule has 0 amide bonds. The molecule has 0 unspecified atom stereocenters. The molecule has 0 aliphatic carbocycles. The molecule has 0 saturated carbocycles. The van der Waals surface area contributed by atoms with Gasteiger partial charge in [0.05, 0.1) is 11.6 Å². The van der Waals surface area contributed by atoms with E-state index in [0.29, 0.717) is 10.6 Å². The molecule has 2 heteroatoms. The Balaban J connectivity index is 2.44. The Morgan fingerprint density at radius 1 is 1.11 bits per heavy atom. The highest BCUT2D eigenvalue weighted by Crippen LogP contribution is 2.21. The highest BCUT2D eigenvalue weighted by Gasteiger charge is 2.02. The minimum absolute atomic E-state index is 0.640. The first-order chi connectivity index (χ1) is 8.70. The number of allylic oxidation sites excluding steroid dienone is 1. The molecule has 0 bridgehead atoms. The molecule has 0 saturated heterocycles. The van der Waals surface area contributed by atoms with Crippen LogP contribution in [0, 0.1) is 18.3 Å². The number of hydrogen-bond acceptors (Lipinski definition) is 1. The summed E-state index contributed by atoms with van der Waals surface area (Å²) < 4.78 is 0. The molecule has 0 fully saturated rings. The number of nitriles is 1. The Morgan fingerprint density at radius 2 is 1.78 bits per heavy atom. The maximum atomic E-state index is 9.25. The van der Waals surface area contributed by atoms with Gasteiger partial charge in [0.2, 0.25) is 0 Å². The Hall–Kier alpha value is -2.04. The van der Waals surface area contributed by atoms with E-state index in [-0.39, 0.29) is 0 Å². The summed E-state index contributed by atoms with van der Waals surface area (Å²) in [4.78, 5) is 0. The predicted octanol–water partition coefficient (Wildman–Crippen LogP) is 4.71. The van der Waals surface area contributed by atoms with Crippen LogP contribution in [0.3, 0.4) is 0 Å². The number of hydrogen-bond donors (Lipinski definition) is 0. The summed E-state index contributed by atoms with van der Waals surface area (Å²) in [5.41, 5.74) is 3.73. The van der Waals surface area contributed by atoms with Crippen molar-refractivity contribution in [2.75, 3.05) is 0 Å². The van der Waals surface area contributed by atoms with Crippen LogP contribution in [0.25, 0.3) is 11.6 Å². The summed E-state index contributed by atoms with van der Waals surface area (Å²) in [6.45, 7) is 2.03. The van der Waals surface area contributed by atoms with Gasteiger partial charge in [0.1, 0.15) is 0 Å². The summed E-state index contributed by atoms with van der Waals surface area (Å²) in [5, 5.41) is 9.92. The molecule has 88 valence electrons. The standard InChI is InChI=1S/C16H12ClN/c1-12-4-2-3-5-14(12)10-15(11-18)13-6-8-16(17)9-7-13/h2-10H,1H3/b15-10+. The topological polar surface area (TPSA) is 23.8 Å². The third kappa shape index (κ3) is 2.80. The molecule has 0 aromatic heterocycles. The van der Waals surface area contributed by atoms with Crippen molar-refractivity contribution in [1.29, 1.82) is 5.26 Å². The molecular weight excluding hydrogens is 242 g/mol. The maximum absolute atomic E-state index is 9.25. The molecule has 0 N–H and O–H groups in total. The van der Waals surface area contributed by atoms with Crippen LogP contribution in [0.5, 0.6) is 0 Å². The van der Waals surface area contributed by atoms with E-state index in [9.17, 15) is 5.26 Å². The van der Waals surface area contributed by atoms with Gasteiger partial charge in [0.15, 0.2) is 0 Å². The van der Waals surface area contributed by atoms with E-state index in [1.54, 1.807) is 12.1 Å².